The van der Waals surface area contributed by atoms with E-state index in [1.54, 1.807) is 0 Å². The van der Waals surface area contributed by atoms with Crippen LogP contribution in [0.4, 0.5) is 0 Å². The zero-order valence-electron chi connectivity index (χ0n) is 49.8. The van der Waals surface area contributed by atoms with Gasteiger partial charge in [-0.05, 0) is 89.9 Å². The second-order valence-corrected chi connectivity index (χ2v) is 21.6. The van der Waals surface area contributed by atoms with Crippen molar-refractivity contribution in [2.75, 3.05) is 13.2 Å². The van der Waals surface area contributed by atoms with E-state index in [9.17, 15) is 14.4 Å². The zero-order chi connectivity index (χ0) is 54.3. The van der Waals surface area contributed by atoms with Gasteiger partial charge in [-0.2, -0.15) is 0 Å². The Morgan fingerprint density at radius 2 is 0.520 bits per heavy atom. The van der Waals surface area contributed by atoms with Gasteiger partial charge in [-0.3, -0.25) is 14.4 Å². The summed E-state index contributed by atoms with van der Waals surface area (Å²) in [5.41, 5.74) is 0. The molecular formula is C69H122O6. The molecule has 1 atom stereocenters. The van der Waals surface area contributed by atoms with E-state index in [1.165, 1.54) is 180 Å². The summed E-state index contributed by atoms with van der Waals surface area (Å²) < 4.78 is 16.9. The molecule has 6 heteroatoms. The molecule has 0 bridgehead atoms. The van der Waals surface area contributed by atoms with Crippen LogP contribution in [0.5, 0.6) is 0 Å². The van der Waals surface area contributed by atoms with Crippen LogP contribution < -0.4 is 0 Å². The molecule has 0 saturated heterocycles. The molecule has 0 aromatic rings. The van der Waals surface area contributed by atoms with Gasteiger partial charge in [0.25, 0.3) is 0 Å². The number of carbonyl (C=O) groups excluding carboxylic acids is 3. The molecule has 75 heavy (non-hydrogen) atoms. The van der Waals surface area contributed by atoms with Crippen LogP contribution in [0.1, 0.15) is 329 Å². The van der Waals surface area contributed by atoms with E-state index in [-0.39, 0.29) is 31.1 Å². The molecule has 0 rings (SSSR count). The normalized spacial score (nSPS) is 12.5. The third-order valence-corrected chi connectivity index (χ3v) is 14.2. The molecule has 0 aliphatic carbocycles. The van der Waals surface area contributed by atoms with Crippen molar-refractivity contribution in [3.8, 4) is 0 Å². The molecule has 0 aliphatic rings. The molecule has 1 unspecified atom stereocenters. The number of hydrogen-bond donors (Lipinski definition) is 0. The number of hydrogen-bond acceptors (Lipinski definition) is 6. The molecule has 0 saturated carbocycles. The van der Waals surface area contributed by atoms with Crippen molar-refractivity contribution in [2.45, 2.75) is 335 Å². The van der Waals surface area contributed by atoms with E-state index in [1.807, 2.05) is 0 Å². The second kappa shape index (κ2) is 63.4. The number of esters is 3. The van der Waals surface area contributed by atoms with Crippen molar-refractivity contribution in [1.29, 1.82) is 0 Å². The average molecular weight is 1050 g/mol. The van der Waals surface area contributed by atoms with Crippen molar-refractivity contribution < 1.29 is 28.6 Å². The highest BCUT2D eigenvalue weighted by Crippen LogP contribution is 2.17. The van der Waals surface area contributed by atoms with Crippen LogP contribution in [0.15, 0.2) is 72.9 Å². The first-order valence-electron chi connectivity index (χ1n) is 32.4. The molecule has 0 heterocycles. The number of allylic oxidation sites excluding steroid dienone is 12. The average Bonchev–Trinajstić information content (AvgIpc) is 3.41. The molecule has 0 amide bonds. The summed E-state index contributed by atoms with van der Waals surface area (Å²) in [4.78, 5) is 38.3. The predicted octanol–water partition coefficient (Wildman–Crippen LogP) is 22.1. The van der Waals surface area contributed by atoms with Crippen molar-refractivity contribution >= 4 is 17.9 Å². The highest BCUT2D eigenvalue weighted by atomic mass is 16.6. The quantitative estimate of drug-likeness (QED) is 0.0261. The Balaban J connectivity index is 4.33. The lowest BCUT2D eigenvalue weighted by Crippen LogP contribution is -2.30. The highest BCUT2D eigenvalue weighted by Gasteiger charge is 2.19. The Labute approximate surface area is 465 Å². The van der Waals surface area contributed by atoms with E-state index in [4.69, 9.17) is 14.2 Å². The van der Waals surface area contributed by atoms with Gasteiger partial charge in [-0.1, -0.05) is 293 Å². The van der Waals surface area contributed by atoms with Crippen LogP contribution in [0.2, 0.25) is 0 Å². The first kappa shape index (κ1) is 71.8. The zero-order valence-corrected chi connectivity index (χ0v) is 49.8. The van der Waals surface area contributed by atoms with Gasteiger partial charge in [0.05, 0.1) is 0 Å². The molecule has 0 fully saturated rings. The minimum absolute atomic E-state index is 0.0877. The molecule has 0 aliphatic heterocycles. The van der Waals surface area contributed by atoms with Crippen LogP contribution >= 0.6 is 0 Å². The van der Waals surface area contributed by atoms with Gasteiger partial charge in [0.2, 0.25) is 0 Å². The SMILES string of the molecule is CC/C=C\C/C=C\C/C=C\CCCCCC(=O)OCC(COC(=O)CCCCCCCCCCCCCCCCCCCCCCCCC)OC(=O)CCCCCCCC/C=C\C/C=C\C/C=C\CCCCCCC. The van der Waals surface area contributed by atoms with Crippen LogP contribution in [0.25, 0.3) is 0 Å². The summed E-state index contributed by atoms with van der Waals surface area (Å²) in [6.45, 7) is 6.52. The fourth-order valence-corrected chi connectivity index (χ4v) is 9.35. The number of ether oxygens (including phenoxy) is 3. The maximum Gasteiger partial charge on any atom is 0.306 e. The third-order valence-electron chi connectivity index (χ3n) is 14.2. The summed E-state index contributed by atoms with van der Waals surface area (Å²) in [5.74, 6) is -0.916. The van der Waals surface area contributed by atoms with Crippen LogP contribution in [-0.4, -0.2) is 37.2 Å². The number of carbonyl (C=O) groups is 3. The lowest BCUT2D eigenvalue weighted by Gasteiger charge is -2.18. The Hall–Kier alpha value is -3.15. The molecule has 0 N–H and O–H groups in total. The standard InChI is InChI=1S/C69H122O6/c1-4-7-10-13-16-19-22-25-27-29-31-33-34-36-37-39-41-44-47-50-53-56-59-62-68(71)74-65-66(64-73-67(70)61-58-55-52-49-46-43-24-21-18-15-12-9-6-3)75-69(72)63-60-57-54-51-48-45-42-40-38-35-32-30-28-26-23-20-17-14-11-8-5-2/h9,12,18,21,23,26,30,32,38,40,43,46,66H,4-8,10-11,13-17,19-20,22,24-25,27-29,31,33-37,39,41-42,44-45,47-65H2,1-3H3/b12-9-,21-18-,26-23-,32-30-,40-38-,46-43-. The number of rotatable bonds is 59. The van der Waals surface area contributed by atoms with E-state index < -0.39 is 6.10 Å². The summed E-state index contributed by atoms with van der Waals surface area (Å²) in [7, 11) is 0. The van der Waals surface area contributed by atoms with Gasteiger partial charge in [-0.15, -0.1) is 0 Å². The van der Waals surface area contributed by atoms with E-state index in [0.717, 1.165) is 109 Å². The van der Waals surface area contributed by atoms with Crippen LogP contribution in [-0.2, 0) is 28.6 Å². The van der Waals surface area contributed by atoms with Gasteiger partial charge in [0.15, 0.2) is 6.10 Å². The van der Waals surface area contributed by atoms with Gasteiger partial charge < -0.3 is 14.2 Å². The van der Waals surface area contributed by atoms with Gasteiger partial charge >= 0.3 is 17.9 Å². The largest absolute Gasteiger partial charge is 0.462 e. The molecule has 0 spiro atoms. The topological polar surface area (TPSA) is 78.9 Å². The van der Waals surface area contributed by atoms with Crippen LogP contribution in [0.3, 0.4) is 0 Å². The van der Waals surface area contributed by atoms with Crippen molar-refractivity contribution in [3.05, 3.63) is 72.9 Å². The highest BCUT2D eigenvalue weighted by molar-refractivity contribution is 5.71. The second-order valence-electron chi connectivity index (χ2n) is 21.6. The smallest absolute Gasteiger partial charge is 0.306 e. The summed E-state index contributed by atoms with van der Waals surface area (Å²) >= 11 is 0. The Morgan fingerprint density at radius 3 is 0.827 bits per heavy atom. The maximum absolute atomic E-state index is 12.9. The van der Waals surface area contributed by atoms with Crippen LogP contribution in [0, 0.1) is 0 Å². The fourth-order valence-electron chi connectivity index (χ4n) is 9.35. The Morgan fingerprint density at radius 1 is 0.280 bits per heavy atom. The van der Waals surface area contributed by atoms with Crippen molar-refractivity contribution in [3.63, 3.8) is 0 Å². The minimum atomic E-state index is -0.795. The maximum atomic E-state index is 12.9. The molecule has 0 radical (unpaired) electrons. The molecule has 0 aromatic carbocycles. The first-order valence-corrected chi connectivity index (χ1v) is 32.4. The Kier molecular flexibility index (Phi) is 60.7. The van der Waals surface area contributed by atoms with E-state index >= 15 is 0 Å². The van der Waals surface area contributed by atoms with Crippen molar-refractivity contribution in [1.82, 2.24) is 0 Å². The Bertz CT molecular complexity index is 1390. The van der Waals surface area contributed by atoms with E-state index in [0.29, 0.717) is 19.3 Å². The minimum Gasteiger partial charge on any atom is -0.462 e. The van der Waals surface area contributed by atoms with Gasteiger partial charge in [0, 0.05) is 19.3 Å². The summed E-state index contributed by atoms with van der Waals surface area (Å²) in [6.07, 6.45) is 82.0. The lowest BCUT2D eigenvalue weighted by molar-refractivity contribution is -0.167. The van der Waals surface area contributed by atoms with E-state index in [2.05, 4.69) is 93.7 Å². The lowest BCUT2D eigenvalue weighted by atomic mass is 10.0. The number of unbranched alkanes of at least 4 members (excludes halogenated alkanes) is 36. The summed E-state index contributed by atoms with van der Waals surface area (Å²) in [6, 6.07) is 0. The summed E-state index contributed by atoms with van der Waals surface area (Å²) in [5, 5.41) is 0. The van der Waals surface area contributed by atoms with Crippen molar-refractivity contribution in [2.24, 2.45) is 0 Å². The third kappa shape index (κ3) is 61.6. The van der Waals surface area contributed by atoms with Gasteiger partial charge in [0.1, 0.15) is 13.2 Å². The molecule has 434 valence electrons. The predicted molar refractivity (Wildman–Crippen MR) is 325 cm³/mol. The first-order chi connectivity index (χ1) is 37.0. The molecule has 0 aromatic heterocycles. The molecular weight excluding hydrogens is 925 g/mol. The molecule has 6 nitrogen and oxygen atoms in total. The monoisotopic (exact) mass is 1050 g/mol. The van der Waals surface area contributed by atoms with Gasteiger partial charge in [-0.25, -0.2) is 0 Å². The fraction of sp³-hybridized carbons (Fsp3) is 0.783.